The van der Waals surface area contributed by atoms with Crippen LogP contribution in [0, 0.1) is 10.8 Å². The number of benzene rings is 1. The first-order chi connectivity index (χ1) is 10.5. The van der Waals surface area contributed by atoms with E-state index in [0.717, 1.165) is 38.0 Å². The van der Waals surface area contributed by atoms with Crippen molar-refractivity contribution in [2.75, 3.05) is 14.2 Å². The molecule has 0 spiro atoms. The van der Waals surface area contributed by atoms with Crippen LogP contribution in [0.5, 0.6) is 5.75 Å². The van der Waals surface area contributed by atoms with Gasteiger partial charge in [-0.3, -0.25) is 4.79 Å². The third kappa shape index (κ3) is 1.72. The van der Waals surface area contributed by atoms with Crippen molar-refractivity contribution in [3.8, 4) is 5.75 Å². The lowest BCUT2D eigenvalue weighted by molar-refractivity contribution is -0.106. The molecule has 6 heteroatoms. The molecule has 1 atom stereocenters. The van der Waals surface area contributed by atoms with Crippen LogP contribution in [0.2, 0.25) is 0 Å². The summed E-state index contributed by atoms with van der Waals surface area (Å²) in [6.07, 6.45) is 0.629. The molecule has 4 nitrogen and oxygen atoms in total. The number of ether oxygens (including phenoxy) is 2. The number of hydrogen-bond donors (Lipinski definition) is 1. The van der Waals surface area contributed by atoms with Crippen LogP contribution in [-0.2, 0) is 4.74 Å². The van der Waals surface area contributed by atoms with Gasteiger partial charge in [-0.1, -0.05) is 0 Å². The lowest BCUT2D eigenvalue weighted by atomic mass is 10.1. The maximum Gasteiger partial charge on any atom is 0.179 e. The van der Waals surface area contributed by atoms with E-state index < -0.39 is 6.29 Å². The summed E-state index contributed by atoms with van der Waals surface area (Å²) in [7, 11) is 3.11. The number of carbonyl (C=O) groups excluding carboxylic acids is 1. The van der Waals surface area contributed by atoms with Gasteiger partial charge in [0.2, 0.25) is 0 Å². The molecule has 0 amide bonds. The Bertz CT molecular complexity index is 791. The van der Waals surface area contributed by atoms with Crippen molar-refractivity contribution in [2.45, 2.75) is 19.1 Å². The molecule has 1 unspecified atom stereocenters. The van der Waals surface area contributed by atoms with Crippen LogP contribution in [0.4, 0.5) is 0 Å². The molecule has 1 heterocycles. The molecular weight excluding hydrogens is 368 g/mol. The summed E-state index contributed by atoms with van der Waals surface area (Å²) in [6.45, 7) is 0. The highest BCUT2D eigenvalue weighted by Gasteiger charge is 2.89. The average Bonchev–Trinajstić information content (AvgIpc) is 3.28. The second-order valence-electron chi connectivity index (χ2n) is 6.14. The van der Waals surface area contributed by atoms with Crippen LogP contribution < -0.4 is 4.74 Å². The van der Waals surface area contributed by atoms with Crippen molar-refractivity contribution in [2.24, 2.45) is 10.8 Å². The van der Waals surface area contributed by atoms with Crippen LogP contribution in [0.3, 0.4) is 0 Å². The van der Waals surface area contributed by atoms with E-state index in [1.165, 1.54) is 18.4 Å². The predicted octanol–water partition coefficient (Wildman–Crippen LogP) is 3.60. The summed E-state index contributed by atoms with van der Waals surface area (Å²) in [5, 5.41) is 10.9. The fourth-order valence-electron chi connectivity index (χ4n) is 3.50. The molecule has 0 radical (unpaired) electrons. The van der Waals surface area contributed by atoms with Gasteiger partial charge in [-0.2, -0.15) is 0 Å². The van der Waals surface area contributed by atoms with Crippen molar-refractivity contribution in [3.05, 3.63) is 27.5 Å². The Kier molecular flexibility index (Phi) is 3.02. The summed E-state index contributed by atoms with van der Waals surface area (Å²) in [5.41, 5.74) is -0.710. The molecule has 1 aromatic heterocycles. The second-order valence-corrected chi connectivity index (χ2v) is 8.08. The highest BCUT2D eigenvalue weighted by Crippen LogP contribution is 2.88. The monoisotopic (exact) mass is 382 g/mol. The minimum absolute atomic E-state index is 0.139. The number of aliphatic hydroxyl groups is 1. The lowest BCUT2D eigenvalue weighted by Gasteiger charge is -2.09. The number of Topliss-reactive ketones (excluding diaryl/α,β-unsaturated/α-hetero) is 1. The van der Waals surface area contributed by atoms with E-state index in [1.807, 2.05) is 18.2 Å². The smallest absolute Gasteiger partial charge is 0.179 e. The number of fused-ring (bicyclic) bond motifs is 2. The van der Waals surface area contributed by atoms with Gasteiger partial charge in [0.1, 0.15) is 5.75 Å². The first kappa shape index (κ1) is 14.6. The van der Waals surface area contributed by atoms with E-state index in [0.29, 0.717) is 0 Å². The first-order valence-corrected chi connectivity index (χ1v) is 8.61. The zero-order valence-corrected chi connectivity index (χ0v) is 14.6. The number of rotatable bonds is 5. The van der Waals surface area contributed by atoms with E-state index in [2.05, 4.69) is 15.9 Å². The normalized spacial score (nSPS) is 30.0. The molecule has 4 rings (SSSR count). The number of hydrogen-bond acceptors (Lipinski definition) is 5. The van der Waals surface area contributed by atoms with E-state index in [-0.39, 0.29) is 16.6 Å². The molecule has 22 heavy (non-hydrogen) atoms. The summed E-state index contributed by atoms with van der Waals surface area (Å²) < 4.78 is 12.2. The van der Waals surface area contributed by atoms with E-state index >= 15 is 0 Å². The van der Waals surface area contributed by atoms with Gasteiger partial charge < -0.3 is 14.6 Å². The summed E-state index contributed by atoms with van der Waals surface area (Å²) in [4.78, 5) is 13.6. The summed E-state index contributed by atoms with van der Waals surface area (Å²) in [5.74, 6) is 0.897. The molecule has 2 aromatic rings. The average molecular weight is 383 g/mol. The SMILES string of the molecule is COc1cc2sc(C(=O)C34CC3(C(O)OC)C4)cc2cc1Br. The summed E-state index contributed by atoms with van der Waals surface area (Å²) in [6, 6.07) is 5.84. The van der Waals surface area contributed by atoms with Crippen LogP contribution in [0.25, 0.3) is 10.1 Å². The highest BCUT2D eigenvalue weighted by atomic mass is 79.9. The minimum atomic E-state index is -0.833. The maximum atomic E-state index is 12.8. The topological polar surface area (TPSA) is 55.8 Å². The van der Waals surface area contributed by atoms with E-state index in [4.69, 9.17) is 9.47 Å². The quantitative estimate of drug-likeness (QED) is 0.633. The minimum Gasteiger partial charge on any atom is -0.496 e. The van der Waals surface area contributed by atoms with Gasteiger partial charge in [0.15, 0.2) is 12.1 Å². The van der Waals surface area contributed by atoms with Crippen molar-refractivity contribution in [1.29, 1.82) is 0 Å². The Hall–Kier alpha value is -0.950. The molecule has 0 bridgehead atoms. The van der Waals surface area contributed by atoms with Crippen molar-refractivity contribution in [1.82, 2.24) is 0 Å². The number of methoxy groups -OCH3 is 2. The number of ketones is 1. The predicted molar refractivity (Wildman–Crippen MR) is 87.5 cm³/mol. The van der Waals surface area contributed by atoms with E-state index in [9.17, 15) is 9.90 Å². The van der Waals surface area contributed by atoms with Crippen molar-refractivity contribution >= 4 is 43.1 Å². The van der Waals surface area contributed by atoms with Crippen LogP contribution in [0.1, 0.15) is 22.5 Å². The molecule has 0 saturated heterocycles. The Morgan fingerprint density at radius 3 is 2.73 bits per heavy atom. The Morgan fingerprint density at radius 2 is 2.09 bits per heavy atom. The van der Waals surface area contributed by atoms with Gasteiger partial charge in [-0.15, -0.1) is 11.3 Å². The molecule has 2 aliphatic rings. The standard InChI is InChI=1S/C16H15BrO4S/c1-20-10-5-11-8(3-9(10)17)4-12(22-11)13(18)15-6-16(15,7-15)14(19)21-2/h3-5,14,19H,6-7H2,1-2H3. The largest absolute Gasteiger partial charge is 0.496 e. The van der Waals surface area contributed by atoms with Crippen molar-refractivity contribution in [3.63, 3.8) is 0 Å². The van der Waals surface area contributed by atoms with Gasteiger partial charge in [-0.05, 0) is 52.4 Å². The molecular formula is C16H15BrO4S. The molecule has 0 aliphatic heterocycles. The zero-order chi connectivity index (χ0) is 15.7. The third-order valence-electron chi connectivity index (χ3n) is 5.08. The van der Waals surface area contributed by atoms with Crippen LogP contribution in [0.15, 0.2) is 22.7 Å². The Balaban J connectivity index is 1.67. The first-order valence-electron chi connectivity index (χ1n) is 7.00. The Morgan fingerprint density at radius 1 is 1.36 bits per heavy atom. The second kappa shape index (κ2) is 4.54. The van der Waals surface area contributed by atoms with Gasteiger partial charge in [0, 0.05) is 22.6 Å². The summed E-state index contributed by atoms with van der Waals surface area (Å²) >= 11 is 4.95. The number of aliphatic hydroxyl groups excluding tert-OH is 1. The highest BCUT2D eigenvalue weighted by molar-refractivity contribution is 9.10. The fraction of sp³-hybridized carbons (Fsp3) is 0.438. The van der Waals surface area contributed by atoms with Crippen LogP contribution >= 0.6 is 27.3 Å². The fourth-order valence-corrected chi connectivity index (χ4v) is 5.14. The third-order valence-corrected chi connectivity index (χ3v) is 6.80. The molecule has 1 N–H and O–H groups in total. The lowest BCUT2D eigenvalue weighted by Crippen LogP contribution is -2.16. The Labute approximate surface area is 140 Å². The molecule has 2 aliphatic carbocycles. The van der Waals surface area contributed by atoms with Gasteiger partial charge in [0.05, 0.1) is 16.5 Å². The molecule has 2 saturated carbocycles. The number of halogens is 1. The zero-order valence-electron chi connectivity index (χ0n) is 12.2. The maximum absolute atomic E-state index is 12.8. The van der Waals surface area contributed by atoms with Gasteiger partial charge in [0.25, 0.3) is 0 Å². The number of carbonyl (C=O) groups is 1. The molecule has 1 aromatic carbocycles. The van der Waals surface area contributed by atoms with Crippen LogP contribution in [-0.4, -0.2) is 31.4 Å². The molecule has 2 fully saturated rings. The van der Waals surface area contributed by atoms with E-state index in [1.54, 1.807) is 7.11 Å². The van der Waals surface area contributed by atoms with Gasteiger partial charge >= 0.3 is 0 Å². The number of thiophene rings is 1. The van der Waals surface area contributed by atoms with Crippen molar-refractivity contribution < 1.29 is 19.4 Å². The molecule has 116 valence electrons. The van der Waals surface area contributed by atoms with Gasteiger partial charge in [-0.25, -0.2) is 0 Å².